The van der Waals surface area contributed by atoms with Gasteiger partial charge < -0.3 is 10.6 Å². The highest BCUT2D eigenvalue weighted by atomic mass is 32.2. The molecule has 7 heteroatoms. The zero-order valence-corrected chi connectivity index (χ0v) is 18.0. The van der Waals surface area contributed by atoms with E-state index in [0.717, 1.165) is 12.1 Å². The Kier molecular flexibility index (Phi) is 6.84. The van der Waals surface area contributed by atoms with Crippen molar-refractivity contribution in [2.75, 3.05) is 22.9 Å². The van der Waals surface area contributed by atoms with Crippen LogP contribution in [0.4, 0.5) is 11.4 Å². The van der Waals surface area contributed by atoms with Crippen LogP contribution in [-0.2, 0) is 10.0 Å². The SMILES string of the molecule is CCC(NC(=S)Nc1cccc(N(C)S(C)(=O)=O)c1)c1ccc(C)cc1C. The highest BCUT2D eigenvalue weighted by Gasteiger charge is 2.15. The van der Waals surface area contributed by atoms with E-state index in [1.54, 1.807) is 18.2 Å². The largest absolute Gasteiger partial charge is 0.356 e. The van der Waals surface area contributed by atoms with E-state index in [-0.39, 0.29) is 6.04 Å². The minimum absolute atomic E-state index is 0.104. The molecule has 0 heterocycles. The van der Waals surface area contributed by atoms with Crippen LogP contribution in [0.1, 0.15) is 36.1 Å². The number of nitrogens with one attached hydrogen (secondary N) is 2. The third-order valence-corrected chi connectivity index (χ3v) is 5.91. The molecule has 146 valence electrons. The van der Waals surface area contributed by atoms with Gasteiger partial charge >= 0.3 is 0 Å². The molecule has 1 unspecified atom stereocenters. The Morgan fingerprint density at radius 1 is 1.19 bits per heavy atom. The minimum Gasteiger partial charge on any atom is -0.356 e. The Morgan fingerprint density at radius 3 is 2.48 bits per heavy atom. The molecule has 2 aromatic carbocycles. The van der Waals surface area contributed by atoms with Crippen LogP contribution in [0.2, 0.25) is 0 Å². The lowest BCUT2D eigenvalue weighted by molar-refractivity contribution is 0.600. The van der Waals surface area contributed by atoms with Gasteiger partial charge in [0, 0.05) is 12.7 Å². The topological polar surface area (TPSA) is 61.4 Å². The van der Waals surface area contributed by atoms with E-state index in [2.05, 4.69) is 49.6 Å². The molecule has 0 saturated heterocycles. The number of benzene rings is 2. The molecule has 27 heavy (non-hydrogen) atoms. The van der Waals surface area contributed by atoms with Crippen molar-refractivity contribution in [3.63, 3.8) is 0 Å². The number of sulfonamides is 1. The van der Waals surface area contributed by atoms with Gasteiger partial charge in [0.1, 0.15) is 0 Å². The summed E-state index contributed by atoms with van der Waals surface area (Å²) in [5.41, 5.74) is 4.99. The fourth-order valence-electron chi connectivity index (χ4n) is 2.91. The van der Waals surface area contributed by atoms with E-state index < -0.39 is 10.0 Å². The van der Waals surface area contributed by atoms with Crippen LogP contribution < -0.4 is 14.9 Å². The van der Waals surface area contributed by atoms with Gasteiger partial charge in [-0.05, 0) is 61.8 Å². The molecule has 0 radical (unpaired) electrons. The van der Waals surface area contributed by atoms with Crippen LogP contribution in [0.5, 0.6) is 0 Å². The first-order valence-electron chi connectivity index (χ1n) is 8.80. The average molecular weight is 406 g/mol. The first-order valence-corrected chi connectivity index (χ1v) is 11.1. The van der Waals surface area contributed by atoms with Crippen molar-refractivity contribution in [2.24, 2.45) is 0 Å². The molecule has 2 N–H and O–H groups in total. The minimum atomic E-state index is -3.31. The van der Waals surface area contributed by atoms with Crippen molar-refractivity contribution >= 4 is 38.7 Å². The van der Waals surface area contributed by atoms with E-state index in [0.29, 0.717) is 10.8 Å². The predicted octanol–water partition coefficient (Wildman–Crippen LogP) is 4.14. The van der Waals surface area contributed by atoms with Gasteiger partial charge in [-0.3, -0.25) is 4.31 Å². The molecule has 0 aromatic heterocycles. The second-order valence-electron chi connectivity index (χ2n) is 6.70. The van der Waals surface area contributed by atoms with E-state index in [4.69, 9.17) is 12.2 Å². The number of aryl methyl sites for hydroxylation is 2. The molecule has 0 spiro atoms. The fourth-order valence-corrected chi connectivity index (χ4v) is 3.67. The van der Waals surface area contributed by atoms with Crippen LogP contribution in [0, 0.1) is 13.8 Å². The Labute approximate surface area is 167 Å². The number of hydrogen-bond donors (Lipinski definition) is 2. The molecule has 1 atom stereocenters. The van der Waals surface area contributed by atoms with Gasteiger partial charge in [-0.2, -0.15) is 0 Å². The first-order chi connectivity index (χ1) is 12.6. The predicted molar refractivity (Wildman–Crippen MR) is 118 cm³/mol. The highest BCUT2D eigenvalue weighted by Crippen LogP contribution is 2.23. The quantitative estimate of drug-likeness (QED) is 0.708. The summed E-state index contributed by atoms with van der Waals surface area (Å²) in [5.74, 6) is 0. The third kappa shape index (κ3) is 5.68. The lowest BCUT2D eigenvalue weighted by Crippen LogP contribution is -2.32. The second kappa shape index (κ2) is 8.71. The Bertz CT molecular complexity index is 927. The van der Waals surface area contributed by atoms with Crippen LogP contribution >= 0.6 is 12.2 Å². The van der Waals surface area contributed by atoms with Gasteiger partial charge in [0.25, 0.3) is 0 Å². The van der Waals surface area contributed by atoms with Crippen molar-refractivity contribution < 1.29 is 8.42 Å². The van der Waals surface area contributed by atoms with Gasteiger partial charge in [-0.1, -0.05) is 36.8 Å². The molecule has 5 nitrogen and oxygen atoms in total. The molecule has 0 aliphatic rings. The summed E-state index contributed by atoms with van der Waals surface area (Å²) in [5, 5.41) is 7.01. The summed E-state index contributed by atoms with van der Waals surface area (Å²) in [6.07, 6.45) is 2.07. The van der Waals surface area contributed by atoms with Gasteiger partial charge in [0.15, 0.2) is 5.11 Å². The molecular weight excluding hydrogens is 378 g/mol. The van der Waals surface area contributed by atoms with Crippen LogP contribution in [-0.4, -0.2) is 26.8 Å². The van der Waals surface area contributed by atoms with Gasteiger partial charge in [-0.15, -0.1) is 0 Å². The summed E-state index contributed by atoms with van der Waals surface area (Å²) >= 11 is 5.48. The summed E-state index contributed by atoms with van der Waals surface area (Å²) in [6.45, 7) is 6.30. The number of nitrogens with zero attached hydrogens (tertiary/aromatic N) is 1. The van der Waals surface area contributed by atoms with E-state index in [1.807, 2.05) is 6.07 Å². The standard InChI is InChI=1S/C20H27N3O2S2/c1-6-19(18-11-10-14(2)12-15(18)3)22-20(26)21-16-8-7-9-17(13-16)23(4)27(5,24)25/h7-13,19H,6H2,1-5H3,(H2,21,22,26). The second-order valence-corrected chi connectivity index (χ2v) is 9.12. The maximum atomic E-state index is 11.7. The smallest absolute Gasteiger partial charge is 0.231 e. The van der Waals surface area contributed by atoms with Gasteiger partial charge in [0.2, 0.25) is 10.0 Å². The zero-order valence-electron chi connectivity index (χ0n) is 16.4. The highest BCUT2D eigenvalue weighted by molar-refractivity contribution is 7.92. The zero-order chi connectivity index (χ0) is 20.2. The van der Waals surface area contributed by atoms with Crippen molar-refractivity contribution in [1.82, 2.24) is 5.32 Å². The summed E-state index contributed by atoms with van der Waals surface area (Å²) in [4.78, 5) is 0. The molecular formula is C20H27N3O2S2. The maximum absolute atomic E-state index is 11.7. The number of rotatable bonds is 6. The monoisotopic (exact) mass is 405 g/mol. The van der Waals surface area contributed by atoms with Crippen LogP contribution in [0.3, 0.4) is 0 Å². The van der Waals surface area contributed by atoms with Crippen molar-refractivity contribution in [3.05, 3.63) is 59.2 Å². The lowest BCUT2D eigenvalue weighted by atomic mass is 9.98. The van der Waals surface area contributed by atoms with E-state index >= 15 is 0 Å². The molecule has 0 amide bonds. The van der Waals surface area contributed by atoms with Crippen LogP contribution in [0.25, 0.3) is 0 Å². The summed E-state index contributed by atoms with van der Waals surface area (Å²) in [6, 6.07) is 13.7. The Hall–Kier alpha value is -2.12. The Balaban J connectivity index is 2.12. The maximum Gasteiger partial charge on any atom is 0.231 e. The molecule has 0 bridgehead atoms. The number of hydrogen-bond acceptors (Lipinski definition) is 3. The Morgan fingerprint density at radius 2 is 1.89 bits per heavy atom. The van der Waals surface area contributed by atoms with Gasteiger partial charge in [0.05, 0.1) is 18.0 Å². The van der Waals surface area contributed by atoms with Crippen molar-refractivity contribution in [2.45, 2.75) is 33.2 Å². The van der Waals surface area contributed by atoms with Crippen molar-refractivity contribution in [1.29, 1.82) is 0 Å². The molecule has 2 rings (SSSR count). The normalized spacial score (nSPS) is 12.3. The number of thiocarbonyl (C=S) groups is 1. The van der Waals surface area contributed by atoms with Gasteiger partial charge in [-0.25, -0.2) is 8.42 Å². The molecule has 0 saturated carbocycles. The molecule has 0 aliphatic heterocycles. The fraction of sp³-hybridized carbons (Fsp3) is 0.350. The summed E-state index contributed by atoms with van der Waals surface area (Å²) in [7, 11) is -1.79. The van der Waals surface area contributed by atoms with Crippen LogP contribution in [0.15, 0.2) is 42.5 Å². The molecule has 0 fully saturated rings. The lowest BCUT2D eigenvalue weighted by Gasteiger charge is -2.22. The molecule has 0 aliphatic carbocycles. The third-order valence-electron chi connectivity index (χ3n) is 4.48. The summed E-state index contributed by atoms with van der Waals surface area (Å²) < 4.78 is 24.7. The molecule has 2 aromatic rings. The number of anilines is 2. The van der Waals surface area contributed by atoms with E-state index in [9.17, 15) is 8.42 Å². The van der Waals surface area contributed by atoms with Crippen molar-refractivity contribution in [3.8, 4) is 0 Å². The average Bonchev–Trinajstić information content (AvgIpc) is 2.59. The van der Waals surface area contributed by atoms with E-state index in [1.165, 1.54) is 34.3 Å². The first kappa shape index (κ1) is 21.2.